The Morgan fingerprint density at radius 3 is 2.43 bits per heavy atom. The van der Waals surface area contributed by atoms with Crippen LogP contribution in [0.5, 0.6) is 0 Å². The van der Waals surface area contributed by atoms with Gasteiger partial charge in [-0.15, -0.1) is 11.6 Å². The summed E-state index contributed by atoms with van der Waals surface area (Å²) >= 11 is 11.5. The lowest BCUT2D eigenvalue weighted by Gasteiger charge is -2.26. The summed E-state index contributed by atoms with van der Waals surface area (Å²) in [6.45, 7) is 4.09. The predicted molar refractivity (Wildman–Crippen MR) is 60.1 cm³/mol. The number of hydrogen-bond donors (Lipinski definition) is 1. The first-order valence-electron chi connectivity index (χ1n) is 4.41. The fourth-order valence-electron chi connectivity index (χ4n) is 0.863. The summed E-state index contributed by atoms with van der Waals surface area (Å²) in [5.74, 6) is 1.06. The number of halogens is 2. The van der Waals surface area contributed by atoms with Crippen LogP contribution >= 0.6 is 23.2 Å². The zero-order valence-corrected chi connectivity index (χ0v) is 9.73. The molecule has 0 radical (unpaired) electrons. The van der Waals surface area contributed by atoms with Gasteiger partial charge in [-0.2, -0.15) is 0 Å². The molecule has 78 valence electrons. The summed E-state index contributed by atoms with van der Waals surface area (Å²) in [6.07, 6.45) is 4.02. The van der Waals surface area contributed by atoms with E-state index in [4.69, 9.17) is 23.2 Å². The number of alkyl halides is 1. The third-order valence-electron chi connectivity index (χ3n) is 2.11. The molecule has 0 saturated heterocycles. The first-order valence-corrected chi connectivity index (χ1v) is 5.32. The Bertz CT molecular complexity index is 283. The van der Waals surface area contributed by atoms with Gasteiger partial charge in [0.05, 0.1) is 23.0 Å². The number of hydrogen-bond acceptors (Lipinski definition) is 3. The second-order valence-corrected chi connectivity index (χ2v) is 4.10. The van der Waals surface area contributed by atoms with E-state index in [0.717, 1.165) is 6.42 Å². The minimum atomic E-state index is -0.171. The Hall–Kier alpha value is -0.540. The molecule has 0 aliphatic heterocycles. The summed E-state index contributed by atoms with van der Waals surface area (Å²) in [5, 5.41) is 3.70. The van der Waals surface area contributed by atoms with Crippen LogP contribution in [0.2, 0.25) is 5.02 Å². The lowest BCUT2D eigenvalue weighted by molar-refractivity contribution is 0.548. The molecule has 1 heterocycles. The smallest absolute Gasteiger partial charge is 0.223 e. The first-order chi connectivity index (χ1) is 6.59. The average molecular weight is 234 g/mol. The van der Waals surface area contributed by atoms with Crippen molar-refractivity contribution in [3.8, 4) is 0 Å². The molecule has 1 aromatic heterocycles. The maximum absolute atomic E-state index is 5.85. The minimum Gasteiger partial charge on any atom is -0.348 e. The molecule has 0 bridgehead atoms. The van der Waals surface area contributed by atoms with Gasteiger partial charge in [0.15, 0.2) is 0 Å². The molecular weight excluding hydrogens is 221 g/mol. The zero-order chi connectivity index (χ0) is 10.6. The van der Waals surface area contributed by atoms with Gasteiger partial charge in [-0.1, -0.05) is 18.5 Å². The Labute approximate surface area is 93.9 Å². The van der Waals surface area contributed by atoms with Crippen LogP contribution in [0.1, 0.15) is 20.3 Å². The number of nitrogens with zero attached hydrogens (tertiary/aromatic N) is 2. The number of rotatable bonds is 4. The maximum Gasteiger partial charge on any atom is 0.223 e. The van der Waals surface area contributed by atoms with Gasteiger partial charge in [-0.25, -0.2) is 9.97 Å². The molecule has 1 atom stereocenters. The van der Waals surface area contributed by atoms with Crippen LogP contribution < -0.4 is 5.32 Å². The van der Waals surface area contributed by atoms with E-state index in [-0.39, 0.29) is 5.54 Å². The molecule has 0 spiro atoms. The Kier molecular flexibility index (Phi) is 3.96. The second kappa shape index (κ2) is 4.80. The second-order valence-electron chi connectivity index (χ2n) is 3.40. The van der Waals surface area contributed by atoms with E-state index in [1.165, 1.54) is 0 Å². The topological polar surface area (TPSA) is 37.8 Å². The third-order valence-corrected chi connectivity index (χ3v) is 2.89. The van der Waals surface area contributed by atoms with Crippen LogP contribution in [-0.2, 0) is 0 Å². The largest absolute Gasteiger partial charge is 0.348 e. The maximum atomic E-state index is 5.85. The van der Waals surface area contributed by atoms with Crippen LogP contribution in [0.15, 0.2) is 12.4 Å². The molecule has 1 rings (SSSR count). The van der Waals surface area contributed by atoms with E-state index in [0.29, 0.717) is 16.9 Å². The lowest BCUT2D eigenvalue weighted by Crippen LogP contribution is -2.36. The van der Waals surface area contributed by atoms with Gasteiger partial charge in [-0.3, -0.25) is 0 Å². The lowest BCUT2D eigenvalue weighted by atomic mass is 10.0. The number of aromatic nitrogens is 2. The monoisotopic (exact) mass is 233 g/mol. The minimum absolute atomic E-state index is 0.171. The van der Waals surface area contributed by atoms with Gasteiger partial charge in [0.25, 0.3) is 0 Å². The van der Waals surface area contributed by atoms with Gasteiger partial charge in [0.1, 0.15) is 0 Å². The quantitative estimate of drug-likeness (QED) is 0.814. The van der Waals surface area contributed by atoms with Crippen molar-refractivity contribution >= 4 is 29.2 Å². The van der Waals surface area contributed by atoms with Gasteiger partial charge in [0.2, 0.25) is 5.95 Å². The summed E-state index contributed by atoms with van der Waals surface area (Å²) in [6, 6.07) is 0. The van der Waals surface area contributed by atoms with Crippen molar-refractivity contribution in [3.63, 3.8) is 0 Å². The zero-order valence-electron chi connectivity index (χ0n) is 8.22. The van der Waals surface area contributed by atoms with Crippen LogP contribution in [0.25, 0.3) is 0 Å². The molecule has 1 N–H and O–H groups in total. The standard InChI is InChI=1S/C9H13Cl2N3/c1-3-9(2,6-10)14-8-12-4-7(11)5-13-8/h4-5H,3,6H2,1-2H3,(H,12,13,14). The highest BCUT2D eigenvalue weighted by Crippen LogP contribution is 2.17. The van der Waals surface area contributed by atoms with Crippen LogP contribution in [0.3, 0.4) is 0 Å². The van der Waals surface area contributed by atoms with Crippen molar-refractivity contribution in [3.05, 3.63) is 17.4 Å². The molecule has 14 heavy (non-hydrogen) atoms. The van der Waals surface area contributed by atoms with Gasteiger partial charge < -0.3 is 5.32 Å². The molecule has 5 heteroatoms. The molecule has 0 amide bonds. The highest BCUT2D eigenvalue weighted by molar-refractivity contribution is 6.30. The van der Waals surface area contributed by atoms with E-state index in [1.54, 1.807) is 12.4 Å². The van der Waals surface area contributed by atoms with Crippen molar-refractivity contribution in [1.82, 2.24) is 9.97 Å². The van der Waals surface area contributed by atoms with Crippen LogP contribution in [0.4, 0.5) is 5.95 Å². The molecule has 0 fully saturated rings. The highest BCUT2D eigenvalue weighted by atomic mass is 35.5. The molecule has 1 unspecified atom stereocenters. The first kappa shape index (κ1) is 11.5. The molecule has 0 aromatic carbocycles. The summed E-state index contributed by atoms with van der Waals surface area (Å²) < 4.78 is 0. The molecule has 0 aliphatic carbocycles. The molecule has 3 nitrogen and oxygen atoms in total. The predicted octanol–water partition coefficient (Wildman–Crippen LogP) is 2.95. The van der Waals surface area contributed by atoms with E-state index in [9.17, 15) is 0 Å². The van der Waals surface area contributed by atoms with Crippen LogP contribution in [-0.4, -0.2) is 21.4 Å². The number of anilines is 1. The fraction of sp³-hybridized carbons (Fsp3) is 0.556. The molecular formula is C9H13Cl2N3. The summed E-state index contributed by atoms with van der Waals surface area (Å²) in [4.78, 5) is 8.09. The van der Waals surface area contributed by atoms with Crippen molar-refractivity contribution in [2.45, 2.75) is 25.8 Å². The SMILES string of the molecule is CCC(C)(CCl)Nc1ncc(Cl)cn1. The van der Waals surface area contributed by atoms with E-state index in [1.807, 2.05) is 6.92 Å². The fourth-order valence-corrected chi connectivity index (χ4v) is 1.22. The van der Waals surface area contributed by atoms with E-state index < -0.39 is 0 Å². The Morgan fingerprint density at radius 2 is 2.00 bits per heavy atom. The van der Waals surface area contributed by atoms with Gasteiger partial charge in [0, 0.05) is 5.88 Å². The van der Waals surface area contributed by atoms with E-state index >= 15 is 0 Å². The van der Waals surface area contributed by atoms with Gasteiger partial charge in [-0.05, 0) is 13.3 Å². The molecule has 1 aromatic rings. The third kappa shape index (κ3) is 3.00. The number of nitrogens with one attached hydrogen (secondary N) is 1. The molecule has 0 saturated carbocycles. The van der Waals surface area contributed by atoms with Crippen LogP contribution in [0, 0.1) is 0 Å². The van der Waals surface area contributed by atoms with Gasteiger partial charge >= 0.3 is 0 Å². The Balaban J connectivity index is 2.72. The summed E-state index contributed by atoms with van der Waals surface area (Å²) in [7, 11) is 0. The average Bonchev–Trinajstić information content (AvgIpc) is 2.21. The molecule has 0 aliphatic rings. The van der Waals surface area contributed by atoms with Crippen molar-refractivity contribution in [2.75, 3.05) is 11.2 Å². The normalized spacial score (nSPS) is 14.9. The Morgan fingerprint density at radius 1 is 1.43 bits per heavy atom. The van der Waals surface area contributed by atoms with Crippen molar-refractivity contribution < 1.29 is 0 Å². The van der Waals surface area contributed by atoms with Crippen molar-refractivity contribution in [2.24, 2.45) is 0 Å². The van der Waals surface area contributed by atoms with E-state index in [2.05, 4.69) is 22.2 Å². The van der Waals surface area contributed by atoms with Crippen molar-refractivity contribution in [1.29, 1.82) is 0 Å². The summed E-state index contributed by atoms with van der Waals surface area (Å²) in [5.41, 5.74) is -0.171. The highest BCUT2D eigenvalue weighted by Gasteiger charge is 2.21.